The van der Waals surface area contributed by atoms with Crippen molar-refractivity contribution in [2.24, 2.45) is 0 Å². The van der Waals surface area contributed by atoms with Crippen LogP contribution in [0, 0.1) is 29.1 Å². The first kappa shape index (κ1) is 22.1. The van der Waals surface area contributed by atoms with Crippen LogP contribution in [0.25, 0.3) is 0 Å². The molecule has 0 bridgehead atoms. The van der Waals surface area contributed by atoms with Gasteiger partial charge in [0, 0.05) is 36.5 Å². The summed E-state index contributed by atoms with van der Waals surface area (Å²) in [6.07, 6.45) is 0.760. The third-order valence-corrected chi connectivity index (χ3v) is 6.60. The van der Waals surface area contributed by atoms with E-state index < -0.39 is 73.8 Å². The van der Waals surface area contributed by atoms with Crippen molar-refractivity contribution < 1.29 is 40.3 Å². The largest absolute Gasteiger partial charge is 0.395 e. The van der Waals surface area contributed by atoms with Gasteiger partial charge in [-0.2, -0.15) is 4.31 Å². The molecule has 6 nitrogen and oxygen atoms in total. The van der Waals surface area contributed by atoms with E-state index in [2.05, 4.69) is 0 Å². The lowest BCUT2D eigenvalue weighted by Crippen LogP contribution is -2.38. The van der Waals surface area contributed by atoms with Gasteiger partial charge in [-0.3, -0.25) is 4.79 Å². The number of aliphatic hydroxyl groups excluding tert-OH is 1. The van der Waals surface area contributed by atoms with E-state index in [9.17, 15) is 40.3 Å². The lowest BCUT2D eigenvalue weighted by molar-refractivity contribution is 0.102. The molecule has 0 spiro atoms. The molecule has 1 unspecified atom stereocenters. The topological polar surface area (TPSA) is 86.7 Å². The number of rotatable bonds is 5. The van der Waals surface area contributed by atoms with Gasteiger partial charge in [-0.25, -0.2) is 30.4 Å². The van der Waals surface area contributed by atoms with Crippen molar-refractivity contribution >= 4 is 21.6 Å². The number of anilines is 1. The highest BCUT2D eigenvalue weighted by atomic mass is 32.2. The minimum atomic E-state index is -4.51. The molecule has 2 aromatic rings. The standard InChI is InChI=1S/C18H15F5N2O4S/c19-12-7-13(20)16(30(28,29)25-3-1-2-10(25)8-26)6-11(12)18(27)24-9-4-14(21)17(23)15(22)5-9/h4-7,10,26H,1-3,8H2,(H,24,27). The first-order valence-corrected chi connectivity index (χ1v) is 10.1. The Morgan fingerprint density at radius 3 is 2.27 bits per heavy atom. The highest BCUT2D eigenvalue weighted by molar-refractivity contribution is 7.89. The van der Waals surface area contributed by atoms with Gasteiger partial charge < -0.3 is 10.4 Å². The zero-order valence-corrected chi connectivity index (χ0v) is 15.9. The van der Waals surface area contributed by atoms with E-state index in [0.29, 0.717) is 31.0 Å². The minimum absolute atomic E-state index is 0.0000390. The number of carbonyl (C=O) groups is 1. The van der Waals surface area contributed by atoms with E-state index in [-0.39, 0.29) is 12.6 Å². The monoisotopic (exact) mass is 450 g/mol. The second-order valence-corrected chi connectivity index (χ2v) is 8.42. The number of hydrogen-bond acceptors (Lipinski definition) is 4. The molecule has 1 saturated heterocycles. The molecule has 1 aliphatic heterocycles. The number of amides is 1. The zero-order valence-electron chi connectivity index (χ0n) is 15.1. The van der Waals surface area contributed by atoms with Gasteiger partial charge in [-0.05, 0) is 18.9 Å². The minimum Gasteiger partial charge on any atom is -0.395 e. The SMILES string of the molecule is O=C(Nc1cc(F)c(F)c(F)c1)c1cc(S(=O)(=O)N2CCCC2CO)c(F)cc1F. The van der Waals surface area contributed by atoms with Crippen molar-refractivity contribution in [1.82, 2.24) is 4.31 Å². The van der Waals surface area contributed by atoms with E-state index in [1.807, 2.05) is 5.32 Å². The van der Waals surface area contributed by atoms with Gasteiger partial charge >= 0.3 is 0 Å². The molecule has 0 aromatic heterocycles. The summed E-state index contributed by atoms with van der Waals surface area (Å²) in [7, 11) is -4.51. The number of benzene rings is 2. The first-order chi connectivity index (χ1) is 14.1. The van der Waals surface area contributed by atoms with Crippen molar-refractivity contribution in [1.29, 1.82) is 0 Å². The fourth-order valence-electron chi connectivity index (χ4n) is 3.16. The van der Waals surface area contributed by atoms with Crippen LogP contribution in [-0.4, -0.2) is 42.9 Å². The maximum absolute atomic E-state index is 14.3. The van der Waals surface area contributed by atoms with Crippen molar-refractivity contribution in [3.05, 3.63) is 58.9 Å². The summed E-state index contributed by atoms with van der Waals surface area (Å²) in [4.78, 5) is 11.3. The quantitative estimate of drug-likeness (QED) is 0.542. The van der Waals surface area contributed by atoms with Gasteiger partial charge in [0.1, 0.15) is 16.5 Å². The smallest absolute Gasteiger partial charge is 0.258 e. The van der Waals surface area contributed by atoms with Crippen molar-refractivity contribution in [2.45, 2.75) is 23.8 Å². The van der Waals surface area contributed by atoms with E-state index in [4.69, 9.17) is 0 Å². The Morgan fingerprint density at radius 1 is 1.03 bits per heavy atom. The van der Waals surface area contributed by atoms with Gasteiger partial charge in [-0.15, -0.1) is 0 Å². The van der Waals surface area contributed by atoms with Crippen LogP contribution >= 0.6 is 0 Å². The third kappa shape index (κ3) is 4.02. The van der Waals surface area contributed by atoms with Gasteiger partial charge in [0.05, 0.1) is 12.2 Å². The molecule has 1 amide bonds. The molecular formula is C18H15F5N2O4S. The number of carbonyl (C=O) groups excluding carboxylic acids is 1. The highest BCUT2D eigenvalue weighted by Crippen LogP contribution is 2.29. The fraction of sp³-hybridized carbons (Fsp3) is 0.278. The fourth-order valence-corrected chi connectivity index (χ4v) is 4.92. The number of nitrogens with zero attached hydrogens (tertiary/aromatic N) is 1. The van der Waals surface area contributed by atoms with E-state index in [1.165, 1.54) is 0 Å². The maximum atomic E-state index is 14.3. The predicted octanol–water partition coefficient (Wildman–Crippen LogP) is 2.78. The molecule has 162 valence electrons. The van der Waals surface area contributed by atoms with E-state index in [1.54, 1.807) is 0 Å². The third-order valence-electron chi connectivity index (χ3n) is 4.63. The molecule has 3 rings (SSSR count). The van der Waals surface area contributed by atoms with E-state index in [0.717, 1.165) is 4.31 Å². The average Bonchev–Trinajstić information content (AvgIpc) is 3.15. The van der Waals surface area contributed by atoms with Crippen LogP contribution in [0.4, 0.5) is 27.6 Å². The molecule has 1 heterocycles. The molecule has 1 aliphatic rings. The molecule has 0 saturated carbocycles. The molecule has 2 N–H and O–H groups in total. The summed E-state index contributed by atoms with van der Waals surface area (Å²) in [5.74, 6) is -9.22. The first-order valence-electron chi connectivity index (χ1n) is 8.64. The molecule has 1 fully saturated rings. The van der Waals surface area contributed by atoms with Crippen molar-refractivity contribution in [3.8, 4) is 0 Å². The van der Waals surface area contributed by atoms with Crippen molar-refractivity contribution in [2.75, 3.05) is 18.5 Å². The Kier molecular flexibility index (Phi) is 6.11. The summed E-state index contributed by atoms with van der Waals surface area (Å²) >= 11 is 0. The van der Waals surface area contributed by atoms with Gasteiger partial charge in [0.15, 0.2) is 17.5 Å². The average molecular weight is 450 g/mol. The second kappa shape index (κ2) is 8.28. The summed E-state index contributed by atoms with van der Waals surface area (Å²) in [5, 5.41) is 11.2. The molecule has 0 radical (unpaired) electrons. The van der Waals surface area contributed by atoms with Crippen LogP contribution in [0.2, 0.25) is 0 Å². The summed E-state index contributed by atoms with van der Waals surface area (Å²) in [6.45, 7) is -0.503. The van der Waals surface area contributed by atoms with Gasteiger partial charge in [0.2, 0.25) is 10.0 Å². The Hall–Kier alpha value is -2.57. The Bertz CT molecular complexity index is 1090. The van der Waals surface area contributed by atoms with Crippen LogP contribution in [-0.2, 0) is 10.0 Å². The Morgan fingerprint density at radius 2 is 1.67 bits per heavy atom. The number of nitrogens with one attached hydrogen (secondary N) is 1. The normalized spacial score (nSPS) is 17.3. The maximum Gasteiger partial charge on any atom is 0.258 e. The number of hydrogen-bond donors (Lipinski definition) is 2. The van der Waals surface area contributed by atoms with E-state index >= 15 is 0 Å². The van der Waals surface area contributed by atoms with Crippen LogP contribution in [0.5, 0.6) is 0 Å². The van der Waals surface area contributed by atoms with Crippen molar-refractivity contribution in [3.63, 3.8) is 0 Å². The van der Waals surface area contributed by atoms with Crippen LogP contribution < -0.4 is 5.32 Å². The second-order valence-electron chi connectivity index (χ2n) is 6.56. The number of aliphatic hydroxyl groups is 1. The molecule has 0 aliphatic carbocycles. The van der Waals surface area contributed by atoms with Gasteiger partial charge in [-0.1, -0.05) is 0 Å². The Labute approximate surface area is 168 Å². The predicted molar refractivity (Wildman–Crippen MR) is 94.6 cm³/mol. The summed E-state index contributed by atoms with van der Waals surface area (Å²) in [6, 6.07) is 0.731. The van der Waals surface area contributed by atoms with Crippen LogP contribution in [0.3, 0.4) is 0 Å². The molecular weight excluding hydrogens is 435 g/mol. The molecule has 2 aromatic carbocycles. The Balaban J connectivity index is 1.98. The lowest BCUT2D eigenvalue weighted by atomic mass is 10.2. The zero-order chi connectivity index (χ0) is 22.2. The lowest BCUT2D eigenvalue weighted by Gasteiger charge is -2.23. The number of halogens is 5. The number of sulfonamides is 1. The summed E-state index contributed by atoms with van der Waals surface area (Å²) in [5.41, 5.74) is -1.48. The van der Waals surface area contributed by atoms with Crippen LogP contribution in [0.1, 0.15) is 23.2 Å². The molecule has 30 heavy (non-hydrogen) atoms. The molecule has 1 atom stereocenters. The summed E-state index contributed by atoms with van der Waals surface area (Å²) < 4.78 is 94.4. The highest BCUT2D eigenvalue weighted by Gasteiger charge is 2.37. The molecule has 12 heteroatoms. The van der Waals surface area contributed by atoms with Gasteiger partial charge in [0.25, 0.3) is 5.91 Å². The van der Waals surface area contributed by atoms with Crippen LogP contribution in [0.15, 0.2) is 29.2 Å².